The molecule has 0 aliphatic rings. The minimum Gasteiger partial charge on any atom is -0.496 e. The molecule has 32 heavy (non-hydrogen) atoms. The van der Waals surface area contributed by atoms with Crippen molar-refractivity contribution in [3.8, 4) is 34.1 Å². The summed E-state index contributed by atoms with van der Waals surface area (Å²) < 4.78 is 11.5. The molecule has 8 heteroatoms. The topological polar surface area (TPSA) is 51.5 Å². The zero-order chi connectivity index (χ0) is 21.8. The Morgan fingerprint density at radius 2 is 1.72 bits per heavy atom. The lowest BCUT2D eigenvalue weighted by molar-refractivity contribution is 0.304. The van der Waals surface area contributed by atoms with Gasteiger partial charge in [0.05, 0.1) is 25.6 Å². The predicted octanol–water partition coefficient (Wildman–Crippen LogP) is 7.61. The maximum absolute atomic E-state index is 7.02. The third kappa shape index (κ3) is 5.35. The first-order valence-corrected chi connectivity index (χ1v) is 10.1. The number of aromatic nitrogens is 2. The Bertz CT molecular complexity index is 1240. The fraction of sp³-hybridized carbons (Fsp3) is 0.0833. The van der Waals surface area contributed by atoms with Crippen molar-refractivity contribution in [1.29, 1.82) is 0 Å². The molecule has 1 N–H and O–H groups in total. The van der Waals surface area contributed by atoms with Gasteiger partial charge in [-0.2, -0.15) is 0 Å². The number of methoxy groups -OCH3 is 1. The van der Waals surface area contributed by atoms with Crippen molar-refractivity contribution in [2.24, 2.45) is 0 Å². The number of imidazole rings is 1. The molecule has 162 valence electrons. The van der Waals surface area contributed by atoms with E-state index in [-0.39, 0.29) is 12.4 Å². The monoisotopic (exact) mass is 485 g/mol. The molecule has 5 nitrogen and oxygen atoms in total. The summed E-state index contributed by atoms with van der Waals surface area (Å²) >= 11 is 12.2. The first kappa shape index (κ1) is 23.5. The molecule has 0 radical (unpaired) electrons. The fourth-order valence-corrected chi connectivity index (χ4v) is 3.64. The molecule has 0 bridgehead atoms. The normalized spacial score (nSPS) is 10.2. The van der Waals surface area contributed by atoms with Gasteiger partial charge in [-0.25, -0.2) is 9.83 Å². The number of benzene rings is 3. The van der Waals surface area contributed by atoms with Crippen LogP contribution in [-0.4, -0.2) is 17.1 Å². The number of ether oxygens (including phenoxy) is 2. The molecule has 1 heterocycles. The molecule has 4 rings (SSSR count). The lowest BCUT2D eigenvalue weighted by atomic mass is 10.1. The quantitative estimate of drug-likeness (QED) is 0.285. The first-order valence-electron chi connectivity index (χ1n) is 9.35. The second kappa shape index (κ2) is 10.4. The molecule has 0 fully saturated rings. The van der Waals surface area contributed by atoms with Gasteiger partial charge >= 0.3 is 0 Å². The lowest BCUT2D eigenvalue weighted by Crippen LogP contribution is -1.96. The van der Waals surface area contributed by atoms with Gasteiger partial charge in [-0.05, 0) is 35.9 Å². The first-order chi connectivity index (χ1) is 15.1. The fourth-order valence-electron chi connectivity index (χ4n) is 3.11. The zero-order valence-corrected chi connectivity index (χ0v) is 19.3. The van der Waals surface area contributed by atoms with Gasteiger partial charge in [-0.15, -0.1) is 12.4 Å². The van der Waals surface area contributed by atoms with Gasteiger partial charge in [0.15, 0.2) is 5.69 Å². The highest BCUT2D eigenvalue weighted by molar-refractivity contribution is 6.35. The Morgan fingerprint density at radius 3 is 2.38 bits per heavy atom. The Hall–Kier alpha value is -3.17. The van der Waals surface area contributed by atoms with Gasteiger partial charge in [0.25, 0.3) is 0 Å². The van der Waals surface area contributed by atoms with E-state index in [4.69, 9.17) is 39.2 Å². The minimum atomic E-state index is 0. The number of hydrogen-bond donors (Lipinski definition) is 1. The zero-order valence-electron chi connectivity index (χ0n) is 16.9. The van der Waals surface area contributed by atoms with Gasteiger partial charge in [0, 0.05) is 27.2 Å². The van der Waals surface area contributed by atoms with E-state index in [1.54, 1.807) is 43.6 Å². The molecule has 4 aromatic rings. The summed E-state index contributed by atoms with van der Waals surface area (Å²) in [6.45, 7) is 7.41. The standard InChI is InChI=1S/C24H17Cl2N3O2.ClH/c1-27-19-5-3-15(4-6-19)14-31-20-7-8-21(23(12-20)30-2)22-13-28-24(29-22)16-9-17(25)11-18(26)10-16;/h3-13H,14H2,2H3,(H,28,29);1H. The van der Waals surface area contributed by atoms with Crippen LogP contribution in [-0.2, 0) is 6.61 Å². The number of aromatic amines is 1. The minimum absolute atomic E-state index is 0. The third-order valence-corrected chi connectivity index (χ3v) is 5.08. The largest absolute Gasteiger partial charge is 0.496 e. The van der Waals surface area contributed by atoms with Crippen molar-refractivity contribution < 1.29 is 9.47 Å². The number of hydrogen-bond acceptors (Lipinski definition) is 3. The van der Waals surface area contributed by atoms with E-state index in [2.05, 4.69) is 14.8 Å². The number of halogens is 3. The molecular weight excluding hydrogens is 469 g/mol. The second-order valence-electron chi connectivity index (χ2n) is 6.73. The third-order valence-electron chi connectivity index (χ3n) is 4.65. The highest BCUT2D eigenvalue weighted by atomic mass is 35.5. The van der Waals surface area contributed by atoms with Crippen molar-refractivity contribution >= 4 is 41.3 Å². The van der Waals surface area contributed by atoms with E-state index in [0.717, 1.165) is 22.4 Å². The molecular formula is C24H18Cl3N3O2. The summed E-state index contributed by atoms with van der Waals surface area (Å²) in [7, 11) is 1.61. The van der Waals surface area contributed by atoms with Crippen LogP contribution in [0.3, 0.4) is 0 Å². The number of H-pyrrole nitrogens is 1. The molecule has 0 aliphatic heterocycles. The van der Waals surface area contributed by atoms with Gasteiger partial charge in [0.2, 0.25) is 0 Å². The maximum Gasteiger partial charge on any atom is 0.187 e. The summed E-state index contributed by atoms with van der Waals surface area (Å²) in [4.78, 5) is 11.1. The Balaban J connectivity index is 0.00000289. The molecule has 3 aromatic carbocycles. The van der Waals surface area contributed by atoms with E-state index in [1.165, 1.54) is 0 Å². The number of nitrogens with zero attached hydrogens (tertiary/aromatic N) is 2. The molecule has 0 aliphatic carbocycles. The molecule has 0 saturated heterocycles. The Morgan fingerprint density at radius 1 is 1.00 bits per heavy atom. The highest BCUT2D eigenvalue weighted by Gasteiger charge is 2.12. The molecule has 0 spiro atoms. The van der Waals surface area contributed by atoms with Crippen LogP contribution in [0.15, 0.2) is 66.9 Å². The van der Waals surface area contributed by atoms with Crippen LogP contribution >= 0.6 is 35.6 Å². The van der Waals surface area contributed by atoms with E-state index in [9.17, 15) is 0 Å². The van der Waals surface area contributed by atoms with Gasteiger partial charge in [-0.1, -0.05) is 47.5 Å². The summed E-state index contributed by atoms with van der Waals surface area (Å²) in [5.41, 5.74) is 4.03. The van der Waals surface area contributed by atoms with Crippen LogP contribution in [0.5, 0.6) is 11.5 Å². The molecule has 0 atom stereocenters. The van der Waals surface area contributed by atoms with Crippen LogP contribution < -0.4 is 9.47 Å². The smallest absolute Gasteiger partial charge is 0.187 e. The summed E-state index contributed by atoms with van der Waals surface area (Å²) in [6.07, 6.45) is 1.74. The lowest BCUT2D eigenvalue weighted by Gasteiger charge is -2.11. The average molecular weight is 487 g/mol. The van der Waals surface area contributed by atoms with Gasteiger partial charge < -0.3 is 14.5 Å². The molecule has 0 unspecified atom stereocenters. The van der Waals surface area contributed by atoms with Crippen LogP contribution in [0, 0.1) is 6.57 Å². The molecule has 1 aromatic heterocycles. The Kier molecular flexibility index (Phi) is 7.66. The van der Waals surface area contributed by atoms with Crippen LogP contribution in [0.2, 0.25) is 10.0 Å². The maximum atomic E-state index is 7.02. The SMILES string of the molecule is Cl.[C-]#[N+]c1ccc(COc2ccc(-c3cnc(-c4cc(Cl)cc(Cl)c4)[nH]3)c(OC)c2)cc1. The van der Waals surface area contributed by atoms with Crippen LogP contribution in [0.1, 0.15) is 5.56 Å². The van der Waals surface area contributed by atoms with Crippen molar-refractivity contribution in [3.63, 3.8) is 0 Å². The van der Waals surface area contributed by atoms with Crippen molar-refractivity contribution in [3.05, 3.63) is 93.9 Å². The summed E-state index contributed by atoms with van der Waals surface area (Å²) in [5, 5.41) is 1.09. The Labute approximate surface area is 202 Å². The van der Waals surface area contributed by atoms with E-state index in [1.807, 2.05) is 30.3 Å². The highest BCUT2D eigenvalue weighted by Crippen LogP contribution is 2.34. The van der Waals surface area contributed by atoms with Gasteiger partial charge in [0.1, 0.15) is 23.9 Å². The summed E-state index contributed by atoms with van der Waals surface area (Å²) in [5.74, 6) is 1.99. The van der Waals surface area contributed by atoms with Gasteiger partial charge in [-0.3, -0.25) is 0 Å². The average Bonchev–Trinajstić information content (AvgIpc) is 3.27. The second-order valence-corrected chi connectivity index (χ2v) is 7.61. The van der Waals surface area contributed by atoms with Crippen molar-refractivity contribution in [1.82, 2.24) is 9.97 Å². The van der Waals surface area contributed by atoms with E-state index >= 15 is 0 Å². The van der Waals surface area contributed by atoms with Crippen molar-refractivity contribution in [2.75, 3.05) is 7.11 Å². The van der Waals surface area contributed by atoms with Crippen molar-refractivity contribution in [2.45, 2.75) is 6.61 Å². The van der Waals surface area contributed by atoms with Crippen LogP contribution in [0.4, 0.5) is 5.69 Å². The summed E-state index contributed by atoms with van der Waals surface area (Å²) in [6, 6.07) is 18.2. The van der Waals surface area contributed by atoms with Crippen LogP contribution in [0.25, 0.3) is 27.5 Å². The molecule has 0 saturated carbocycles. The predicted molar refractivity (Wildman–Crippen MR) is 130 cm³/mol. The molecule has 0 amide bonds. The number of nitrogens with one attached hydrogen (secondary N) is 1. The van der Waals surface area contributed by atoms with E-state index in [0.29, 0.717) is 39.7 Å². The number of rotatable bonds is 6. The van der Waals surface area contributed by atoms with E-state index < -0.39 is 0 Å².